The molecule has 4 rings (SSSR count). The van der Waals surface area contributed by atoms with Crippen LogP contribution in [0.15, 0.2) is 70.4 Å². The summed E-state index contributed by atoms with van der Waals surface area (Å²) in [7, 11) is 1.60. The van der Waals surface area contributed by atoms with Crippen LogP contribution in [0.25, 0.3) is 0 Å². The van der Waals surface area contributed by atoms with Crippen molar-refractivity contribution in [3.8, 4) is 11.8 Å². The molecule has 6 nitrogen and oxygen atoms in total. The van der Waals surface area contributed by atoms with Gasteiger partial charge in [0.25, 0.3) is 0 Å². The molecule has 2 aliphatic rings. The Balaban J connectivity index is 1.65. The van der Waals surface area contributed by atoms with Gasteiger partial charge in [-0.1, -0.05) is 62.9 Å². The van der Waals surface area contributed by atoms with Gasteiger partial charge < -0.3 is 15.4 Å². The molecular weight excluding hydrogens is 470 g/mol. The standard InChI is InChI=1S/C29H31N3O3S/c1-5-18-8-6-7-9-22(18)31-25(34)17-36-28-21(16-30)26(19-10-12-20(35-4)13-11-19)27-23(32-28)14-29(2,3)15-24(27)33/h6-13,26,32H,5,14-15,17H2,1-4H3,(H,31,34)/t26-/m0/s1. The second kappa shape index (κ2) is 10.6. The third-order valence-corrected chi connectivity index (χ3v) is 7.61. The highest BCUT2D eigenvalue weighted by Gasteiger charge is 2.42. The molecule has 0 fully saturated rings. The van der Waals surface area contributed by atoms with Gasteiger partial charge >= 0.3 is 0 Å². The number of nitriles is 1. The average molecular weight is 502 g/mol. The number of anilines is 1. The molecule has 36 heavy (non-hydrogen) atoms. The SMILES string of the molecule is CCc1ccccc1NC(=O)CSC1=C(C#N)[C@H](c2ccc(OC)cc2)C2=C(CC(C)(C)CC2=O)N1. The maximum atomic E-state index is 13.3. The fraction of sp³-hybridized carbons (Fsp3) is 0.345. The summed E-state index contributed by atoms with van der Waals surface area (Å²) in [5.74, 6) is 0.278. The Labute approximate surface area is 216 Å². The summed E-state index contributed by atoms with van der Waals surface area (Å²) in [6.45, 7) is 6.20. The number of carbonyl (C=O) groups is 2. The highest BCUT2D eigenvalue weighted by Crippen LogP contribution is 2.48. The number of para-hydroxylation sites is 1. The monoisotopic (exact) mass is 501 g/mol. The number of nitrogens with zero attached hydrogens (tertiary/aromatic N) is 1. The molecular formula is C29H31N3O3S. The number of allylic oxidation sites excluding steroid dienone is 3. The number of amides is 1. The highest BCUT2D eigenvalue weighted by atomic mass is 32.2. The lowest BCUT2D eigenvalue weighted by molar-refractivity contribution is -0.118. The van der Waals surface area contributed by atoms with Crippen LogP contribution in [-0.4, -0.2) is 24.6 Å². The van der Waals surface area contributed by atoms with E-state index in [2.05, 4.69) is 30.6 Å². The number of carbonyl (C=O) groups excluding carboxylic acids is 2. The fourth-order valence-electron chi connectivity index (χ4n) is 4.89. The number of nitrogens with one attached hydrogen (secondary N) is 2. The van der Waals surface area contributed by atoms with E-state index in [4.69, 9.17) is 4.74 Å². The molecule has 0 radical (unpaired) electrons. The zero-order valence-corrected chi connectivity index (χ0v) is 21.9. The van der Waals surface area contributed by atoms with Crippen molar-refractivity contribution in [1.29, 1.82) is 5.26 Å². The van der Waals surface area contributed by atoms with E-state index in [1.54, 1.807) is 7.11 Å². The lowest BCUT2D eigenvalue weighted by Gasteiger charge is -2.39. The first kappa shape index (κ1) is 25.6. The van der Waals surface area contributed by atoms with Crippen molar-refractivity contribution in [3.05, 3.63) is 81.5 Å². The quantitative estimate of drug-likeness (QED) is 0.506. The van der Waals surface area contributed by atoms with Gasteiger partial charge in [-0.25, -0.2) is 0 Å². The molecule has 0 spiro atoms. The molecule has 0 aromatic heterocycles. The van der Waals surface area contributed by atoms with Crippen molar-refractivity contribution in [1.82, 2.24) is 5.32 Å². The third kappa shape index (κ3) is 5.34. The number of ether oxygens (including phenoxy) is 1. The number of dihydropyridines is 1. The van der Waals surface area contributed by atoms with Gasteiger partial charge in [-0.15, -0.1) is 0 Å². The first-order valence-electron chi connectivity index (χ1n) is 12.1. The van der Waals surface area contributed by atoms with Gasteiger partial charge in [-0.05, 0) is 47.6 Å². The van der Waals surface area contributed by atoms with E-state index >= 15 is 0 Å². The molecule has 1 aliphatic carbocycles. The third-order valence-electron chi connectivity index (χ3n) is 6.60. The van der Waals surface area contributed by atoms with Crippen LogP contribution in [0.1, 0.15) is 50.7 Å². The van der Waals surface area contributed by atoms with Crippen molar-refractivity contribution >= 4 is 29.1 Å². The summed E-state index contributed by atoms with van der Waals surface area (Å²) in [5, 5.41) is 17.2. The van der Waals surface area contributed by atoms with Crippen molar-refractivity contribution in [2.24, 2.45) is 5.41 Å². The average Bonchev–Trinajstić information content (AvgIpc) is 2.86. The van der Waals surface area contributed by atoms with Crippen molar-refractivity contribution in [2.45, 2.75) is 46.0 Å². The first-order valence-corrected chi connectivity index (χ1v) is 13.1. The second-order valence-electron chi connectivity index (χ2n) is 9.87. The molecule has 1 heterocycles. The molecule has 2 N–H and O–H groups in total. The number of Topliss-reactive ketones (excluding diaryl/α,β-unsaturated/α-hetero) is 1. The summed E-state index contributed by atoms with van der Waals surface area (Å²) in [6.07, 6.45) is 1.94. The van der Waals surface area contributed by atoms with Gasteiger partial charge in [0.2, 0.25) is 5.91 Å². The number of thioether (sulfide) groups is 1. The van der Waals surface area contributed by atoms with Crippen LogP contribution < -0.4 is 15.4 Å². The Bertz CT molecular complexity index is 1290. The minimum absolute atomic E-state index is 0.0558. The summed E-state index contributed by atoms with van der Waals surface area (Å²) < 4.78 is 5.30. The zero-order chi connectivity index (χ0) is 25.9. The van der Waals surface area contributed by atoms with Crippen LogP contribution in [0.5, 0.6) is 5.75 Å². The molecule has 1 aliphatic heterocycles. The number of methoxy groups -OCH3 is 1. The number of hydrogen-bond acceptors (Lipinski definition) is 6. The molecule has 2 aromatic carbocycles. The summed E-state index contributed by atoms with van der Waals surface area (Å²) in [6, 6.07) is 17.6. The van der Waals surface area contributed by atoms with Crippen LogP contribution in [0.2, 0.25) is 0 Å². The topological polar surface area (TPSA) is 91.2 Å². The molecule has 2 aromatic rings. The van der Waals surface area contributed by atoms with Gasteiger partial charge in [0.05, 0.1) is 35.5 Å². The van der Waals surface area contributed by atoms with E-state index in [9.17, 15) is 14.9 Å². The maximum absolute atomic E-state index is 13.3. The smallest absolute Gasteiger partial charge is 0.234 e. The predicted molar refractivity (Wildman–Crippen MR) is 143 cm³/mol. The van der Waals surface area contributed by atoms with E-state index in [0.29, 0.717) is 34.8 Å². The van der Waals surface area contributed by atoms with Gasteiger partial charge in [0, 0.05) is 23.4 Å². The number of aryl methyl sites for hydroxylation is 1. The minimum Gasteiger partial charge on any atom is -0.497 e. The van der Waals surface area contributed by atoms with Crippen LogP contribution in [0, 0.1) is 16.7 Å². The summed E-state index contributed by atoms with van der Waals surface area (Å²) in [4.78, 5) is 26.2. The van der Waals surface area contributed by atoms with E-state index in [1.165, 1.54) is 11.8 Å². The fourth-order valence-corrected chi connectivity index (χ4v) is 5.76. The van der Waals surface area contributed by atoms with E-state index in [-0.39, 0.29) is 22.9 Å². The van der Waals surface area contributed by atoms with Gasteiger partial charge in [-0.3, -0.25) is 9.59 Å². The van der Waals surface area contributed by atoms with Gasteiger partial charge in [-0.2, -0.15) is 5.26 Å². The Morgan fingerprint density at radius 1 is 1.19 bits per heavy atom. The van der Waals surface area contributed by atoms with Crippen LogP contribution >= 0.6 is 11.8 Å². The highest BCUT2D eigenvalue weighted by molar-refractivity contribution is 8.03. The summed E-state index contributed by atoms with van der Waals surface area (Å²) >= 11 is 1.30. The normalized spacial score (nSPS) is 18.8. The molecule has 0 saturated heterocycles. The van der Waals surface area contributed by atoms with Crippen molar-refractivity contribution in [3.63, 3.8) is 0 Å². The Morgan fingerprint density at radius 2 is 1.92 bits per heavy atom. The van der Waals surface area contributed by atoms with Crippen molar-refractivity contribution in [2.75, 3.05) is 18.2 Å². The van der Waals surface area contributed by atoms with Gasteiger partial charge in [0.1, 0.15) is 5.75 Å². The summed E-state index contributed by atoms with van der Waals surface area (Å²) in [5.41, 5.74) is 4.50. The predicted octanol–water partition coefficient (Wildman–Crippen LogP) is 5.69. The Morgan fingerprint density at radius 3 is 2.58 bits per heavy atom. The Kier molecular flexibility index (Phi) is 7.56. The molecule has 0 unspecified atom stereocenters. The lowest BCUT2D eigenvalue weighted by atomic mass is 9.69. The Hall–Kier alpha value is -3.50. The first-order chi connectivity index (χ1) is 17.3. The number of ketones is 1. The molecule has 186 valence electrons. The molecule has 1 atom stereocenters. The van der Waals surface area contributed by atoms with E-state index in [0.717, 1.165) is 28.9 Å². The van der Waals surface area contributed by atoms with Crippen LogP contribution in [0.3, 0.4) is 0 Å². The second-order valence-corrected chi connectivity index (χ2v) is 10.9. The minimum atomic E-state index is -0.480. The molecule has 0 bridgehead atoms. The van der Waals surface area contributed by atoms with E-state index < -0.39 is 5.92 Å². The molecule has 1 amide bonds. The van der Waals surface area contributed by atoms with Crippen LogP contribution in [0.4, 0.5) is 5.69 Å². The largest absolute Gasteiger partial charge is 0.497 e. The van der Waals surface area contributed by atoms with Crippen molar-refractivity contribution < 1.29 is 14.3 Å². The van der Waals surface area contributed by atoms with E-state index in [1.807, 2.05) is 55.5 Å². The maximum Gasteiger partial charge on any atom is 0.234 e. The number of benzene rings is 2. The van der Waals surface area contributed by atoms with Crippen LogP contribution in [-0.2, 0) is 16.0 Å². The lowest BCUT2D eigenvalue weighted by Crippen LogP contribution is -2.37. The molecule has 0 saturated carbocycles. The van der Waals surface area contributed by atoms with Gasteiger partial charge in [0.15, 0.2) is 5.78 Å². The number of rotatable bonds is 7. The molecule has 7 heteroatoms. The zero-order valence-electron chi connectivity index (χ0n) is 21.1. The number of hydrogen-bond donors (Lipinski definition) is 2.